The third kappa shape index (κ3) is 3.02. The number of halogens is 1. The van der Waals surface area contributed by atoms with Crippen molar-refractivity contribution in [3.05, 3.63) is 28.2 Å². The van der Waals surface area contributed by atoms with Crippen molar-refractivity contribution in [2.24, 2.45) is 11.7 Å². The highest BCUT2D eigenvalue weighted by molar-refractivity contribution is 9.10. The summed E-state index contributed by atoms with van der Waals surface area (Å²) in [5.74, 6) is 1.82. The van der Waals surface area contributed by atoms with Crippen LogP contribution in [-0.4, -0.2) is 12.1 Å². The average Bonchev–Trinajstić information content (AvgIpc) is 3.16. The standard InChI is InChI=1S/C14H18BrNO/c15-12-3-4-13(17-9-10-1-2-10)11(7-12)8-14(16)5-6-14/h3-4,7,10H,1-2,5-6,8-9,16H2. The van der Waals surface area contributed by atoms with Gasteiger partial charge in [-0.25, -0.2) is 0 Å². The van der Waals surface area contributed by atoms with Gasteiger partial charge in [0.25, 0.3) is 0 Å². The van der Waals surface area contributed by atoms with Gasteiger partial charge in [-0.1, -0.05) is 15.9 Å². The van der Waals surface area contributed by atoms with E-state index in [1.807, 2.05) is 6.07 Å². The summed E-state index contributed by atoms with van der Waals surface area (Å²) in [5, 5.41) is 0. The quantitative estimate of drug-likeness (QED) is 0.905. The van der Waals surface area contributed by atoms with Crippen molar-refractivity contribution in [3.63, 3.8) is 0 Å². The lowest BCUT2D eigenvalue weighted by molar-refractivity contribution is 0.296. The normalized spacial score (nSPS) is 21.3. The fraction of sp³-hybridized carbons (Fsp3) is 0.571. The van der Waals surface area contributed by atoms with Gasteiger partial charge in [0.15, 0.2) is 0 Å². The molecule has 0 heterocycles. The lowest BCUT2D eigenvalue weighted by Crippen LogP contribution is -2.24. The number of rotatable bonds is 5. The van der Waals surface area contributed by atoms with E-state index in [4.69, 9.17) is 10.5 Å². The molecular formula is C14H18BrNO. The SMILES string of the molecule is NC1(Cc2cc(Br)ccc2OCC2CC2)CC1. The largest absolute Gasteiger partial charge is 0.493 e. The predicted molar refractivity (Wildman–Crippen MR) is 72.2 cm³/mol. The number of hydrogen-bond acceptors (Lipinski definition) is 2. The molecule has 2 aliphatic rings. The highest BCUT2D eigenvalue weighted by Crippen LogP contribution is 2.39. The van der Waals surface area contributed by atoms with Crippen molar-refractivity contribution in [1.29, 1.82) is 0 Å². The molecule has 2 aliphatic carbocycles. The van der Waals surface area contributed by atoms with E-state index >= 15 is 0 Å². The Hall–Kier alpha value is -0.540. The number of ether oxygens (including phenoxy) is 1. The molecule has 2 saturated carbocycles. The molecule has 0 aromatic heterocycles. The minimum atomic E-state index is 0.0402. The van der Waals surface area contributed by atoms with Crippen molar-refractivity contribution in [1.82, 2.24) is 0 Å². The molecule has 0 spiro atoms. The molecular weight excluding hydrogens is 278 g/mol. The summed E-state index contributed by atoms with van der Waals surface area (Å²) in [5.41, 5.74) is 7.49. The molecule has 0 aliphatic heterocycles. The van der Waals surface area contributed by atoms with Crippen LogP contribution >= 0.6 is 15.9 Å². The molecule has 3 rings (SSSR count). The molecule has 2 fully saturated rings. The fourth-order valence-electron chi connectivity index (χ4n) is 2.04. The Morgan fingerprint density at radius 1 is 1.35 bits per heavy atom. The van der Waals surface area contributed by atoms with Crippen LogP contribution < -0.4 is 10.5 Å². The zero-order chi connectivity index (χ0) is 11.9. The first-order valence-electron chi connectivity index (χ1n) is 6.35. The summed E-state index contributed by atoms with van der Waals surface area (Å²) >= 11 is 3.52. The van der Waals surface area contributed by atoms with Crippen LogP contribution in [0.3, 0.4) is 0 Å². The van der Waals surface area contributed by atoms with Gasteiger partial charge in [-0.05, 0) is 61.8 Å². The van der Waals surface area contributed by atoms with E-state index < -0.39 is 0 Å². The second-order valence-corrected chi connectivity index (χ2v) is 6.46. The van der Waals surface area contributed by atoms with E-state index in [0.29, 0.717) is 0 Å². The maximum Gasteiger partial charge on any atom is 0.122 e. The minimum absolute atomic E-state index is 0.0402. The summed E-state index contributed by atoms with van der Waals surface area (Å²) in [6, 6.07) is 6.25. The highest BCUT2D eigenvalue weighted by Gasteiger charge is 2.38. The van der Waals surface area contributed by atoms with Gasteiger partial charge < -0.3 is 10.5 Å². The Bertz CT molecular complexity index is 424. The maximum absolute atomic E-state index is 6.20. The zero-order valence-electron chi connectivity index (χ0n) is 9.92. The molecule has 92 valence electrons. The average molecular weight is 296 g/mol. The van der Waals surface area contributed by atoms with E-state index in [-0.39, 0.29) is 5.54 Å². The molecule has 2 nitrogen and oxygen atoms in total. The smallest absolute Gasteiger partial charge is 0.122 e. The Kier molecular flexibility index (Phi) is 2.91. The molecule has 0 saturated heterocycles. The van der Waals surface area contributed by atoms with E-state index in [9.17, 15) is 0 Å². The summed E-state index contributed by atoms with van der Waals surface area (Å²) in [4.78, 5) is 0. The molecule has 0 bridgehead atoms. The van der Waals surface area contributed by atoms with Gasteiger partial charge in [0.2, 0.25) is 0 Å². The second-order valence-electron chi connectivity index (χ2n) is 5.55. The highest BCUT2D eigenvalue weighted by atomic mass is 79.9. The maximum atomic E-state index is 6.20. The van der Waals surface area contributed by atoms with Crippen molar-refractivity contribution >= 4 is 15.9 Å². The molecule has 1 aromatic carbocycles. The second kappa shape index (κ2) is 4.29. The van der Waals surface area contributed by atoms with Gasteiger partial charge in [-0.15, -0.1) is 0 Å². The summed E-state index contributed by atoms with van der Waals surface area (Å²) in [7, 11) is 0. The Labute approximate surface area is 111 Å². The molecule has 3 heteroatoms. The lowest BCUT2D eigenvalue weighted by Gasteiger charge is -2.15. The van der Waals surface area contributed by atoms with Crippen molar-refractivity contribution in [2.45, 2.75) is 37.6 Å². The van der Waals surface area contributed by atoms with Gasteiger partial charge in [-0.2, -0.15) is 0 Å². The Morgan fingerprint density at radius 3 is 2.76 bits per heavy atom. The van der Waals surface area contributed by atoms with Crippen LogP contribution in [-0.2, 0) is 6.42 Å². The lowest BCUT2D eigenvalue weighted by atomic mass is 10.0. The van der Waals surface area contributed by atoms with Crippen LogP contribution in [0.15, 0.2) is 22.7 Å². The van der Waals surface area contributed by atoms with Crippen LogP contribution in [0.1, 0.15) is 31.2 Å². The third-order valence-electron chi connectivity index (χ3n) is 3.63. The van der Waals surface area contributed by atoms with Crippen LogP contribution in [0.5, 0.6) is 5.75 Å². The van der Waals surface area contributed by atoms with Gasteiger partial charge in [0, 0.05) is 10.0 Å². The summed E-state index contributed by atoms with van der Waals surface area (Å²) in [6.45, 7) is 0.867. The monoisotopic (exact) mass is 295 g/mol. The molecule has 2 N–H and O–H groups in total. The summed E-state index contributed by atoms with van der Waals surface area (Å²) in [6.07, 6.45) is 5.87. The topological polar surface area (TPSA) is 35.2 Å². The Balaban J connectivity index is 1.74. The van der Waals surface area contributed by atoms with Crippen LogP contribution in [0, 0.1) is 5.92 Å². The zero-order valence-corrected chi connectivity index (χ0v) is 11.5. The van der Waals surface area contributed by atoms with Gasteiger partial charge in [0.1, 0.15) is 5.75 Å². The molecule has 1 aromatic rings. The van der Waals surface area contributed by atoms with Crippen molar-refractivity contribution < 1.29 is 4.74 Å². The van der Waals surface area contributed by atoms with Gasteiger partial charge >= 0.3 is 0 Å². The number of hydrogen-bond donors (Lipinski definition) is 1. The Morgan fingerprint density at radius 2 is 2.12 bits per heavy atom. The molecule has 0 unspecified atom stereocenters. The predicted octanol–water partition coefficient (Wildman–Crippen LogP) is 3.27. The molecule has 17 heavy (non-hydrogen) atoms. The third-order valence-corrected chi connectivity index (χ3v) is 4.12. The van der Waals surface area contributed by atoms with E-state index in [2.05, 4.69) is 28.1 Å². The van der Waals surface area contributed by atoms with Crippen LogP contribution in [0.25, 0.3) is 0 Å². The number of benzene rings is 1. The molecule has 0 atom stereocenters. The van der Waals surface area contributed by atoms with Gasteiger partial charge in [0.05, 0.1) is 6.61 Å². The van der Waals surface area contributed by atoms with E-state index in [1.165, 1.54) is 18.4 Å². The first-order valence-corrected chi connectivity index (χ1v) is 7.14. The van der Waals surface area contributed by atoms with E-state index in [0.717, 1.165) is 42.0 Å². The van der Waals surface area contributed by atoms with E-state index in [1.54, 1.807) is 0 Å². The molecule has 0 amide bonds. The fourth-order valence-corrected chi connectivity index (χ4v) is 2.44. The first kappa shape index (κ1) is 11.5. The van der Waals surface area contributed by atoms with Crippen molar-refractivity contribution in [2.75, 3.05) is 6.61 Å². The van der Waals surface area contributed by atoms with Crippen LogP contribution in [0.4, 0.5) is 0 Å². The van der Waals surface area contributed by atoms with Crippen LogP contribution in [0.2, 0.25) is 0 Å². The number of nitrogens with two attached hydrogens (primary N) is 1. The minimum Gasteiger partial charge on any atom is -0.493 e. The van der Waals surface area contributed by atoms with Gasteiger partial charge in [-0.3, -0.25) is 0 Å². The van der Waals surface area contributed by atoms with Crippen molar-refractivity contribution in [3.8, 4) is 5.75 Å². The summed E-state index contributed by atoms with van der Waals surface area (Å²) < 4.78 is 7.02. The molecule has 0 radical (unpaired) electrons. The first-order chi connectivity index (χ1) is 8.15.